The van der Waals surface area contributed by atoms with E-state index in [0.29, 0.717) is 23.9 Å². The highest BCUT2D eigenvalue weighted by molar-refractivity contribution is 6.30. The van der Waals surface area contributed by atoms with Gasteiger partial charge in [0.15, 0.2) is 0 Å². The van der Waals surface area contributed by atoms with E-state index in [-0.39, 0.29) is 0 Å². The number of aliphatic hydroxyl groups is 1. The molecule has 15 heavy (non-hydrogen) atoms. The molecule has 1 rings (SSSR count). The standard InChI is InChI=1S/C10H16ClN3O/c1-4-10(3,15)5-12-9-7(2)8(11)13-6-14-9/h6,15H,4-5H2,1-3H3,(H,12,13,14). The van der Waals surface area contributed by atoms with Gasteiger partial charge in [0.25, 0.3) is 0 Å². The fourth-order valence-corrected chi connectivity index (χ4v) is 1.14. The predicted octanol–water partition coefficient (Wildman–Crippen LogP) is 2.01. The van der Waals surface area contributed by atoms with Crippen LogP contribution in [0.4, 0.5) is 5.82 Å². The highest BCUT2D eigenvalue weighted by atomic mass is 35.5. The van der Waals surface area contributed by atoms with Crippen molar-refractivity contribution < 1.29 is 5.11 Å². The summed E-state index contributed by atoms with van der Waals surface area (Å²) in [5, 5.41) is 13.3. The highest BCUT2D eigenvalue weighted by Crippen LogP contribution is 2.19. The van der Waals surface area contributed by atoms with E-state index >= 15 is 0 Å². The van der Waals surface area contributed by atoms with Gasteiger partial charge >= 0.3 is 0 Å². The van der Waals surface area contributed by atoms with Crippen LogP contribution in [-0.2, 0) is 0 Å². The van der Waals surface area contributed by atoms with Gasteiger partial charge in [-0.25, -0.2) is 9.97 Å². The number of hydrogen-bond acceptors (Lipinski definition) is 4. The molecule has 0 aliphatic heterocycles. The van der Waals surface area contributed by atoms with Gasteiger partial charge in [0.1, 0.15) is 17.3 Å². The fourth-order valence-electron chi connectivity index (χ4n) is 1.01. The molecule has 0 amide bonds. The molecule has 5 heteroatoms. The van der Waals surface area contributed by atoms with Crippen LogP contribution in [0.1, 0.15) is 25.8 Å². The quantitative estimate of drug-likeness (QED) is 0.776. The van der Waals surface area contributed by atoms with Crippen LogP contribution in [-0.4, -0.2) is 27.2 Å². The van der Waals surface area contributed by atoms with Crippen molar-refractivity contribution in [3.05, 3.63) is 17.0 Å². The summed E-state index contributed by atoms with van der Waals surface area (Å²) < 4.78 is 0. The van der Waals surface area contributed by atoms with Crippen LogP contribution in [0.25, 0.3) is 0 Å². The Hall–Kier alpha value is -0.870. The molecule has 4 nitrogen and oxygen atoms in total. The van der Waals surface area contributed by atoms with Gasteiger partial charge < -0.3 is 10.4 Å². The van der Waals surface area contributed by atoms with E-state index in [1.165, 1.54) is 6.33 Å². The zero-order valence-electron chi connectivity index (χ0n) is 9.21. The van der Waals surface area contributed by atoms with E-state index in [9.17, 15) is 5.11 Å². The molecule has 0 saturated carbocycles. The summed E-state index contributed by atoms with van der Waals surface area (Å²) in [6.07, 6.45) is 2.08. The third-order valence-electron chi connectivity index (χ3n) is 2.42. The number of nitrogens with one attached hydrogen (secondary N) is 1. The molecule has 0 spiro atoms. The van der Waals surface area contributed by atoms with Crippen molar-refractivity contribution in [3.8, 4) is 0 Å². The maximum Gasteiger partial charge on any atom is 0.137 e. The van der Waals surface area contributed by atoms with Gasteiger partial charge in [0.05, 0.1) is 5.60 Å². The molecule has 0 bridgehead atoms. The summed E-state index contributed by atoms with van der Waals surface area (Å²) in [5.41, 5.74) is 0.0650. The van der Waals surface area contributed by atoms with Gasteiger partial charge in [-0.2, -0.15) is 0 Å². The van der Waals surface area contributed by atoms with Crippen molar-refractivity contribution in [1.29, 1.82) is 0 Å². The van der Waals surface area contributed by atoms with Crippen LogP contribution in [0, 0.1) is 6.92 Å². The minimum Gasteiger partial charge on any atom is -0.388 e. The normalized spacial score (nSPS) is 14.7. The molecule has 0 aliphatic carbocycles. The monoisotopic (exact) mass is 229 g/mol. The minimum atomic E-state index is -0.732. The van der Waals surface area contributed by atoms with Crippen LogP contribution in [0.3, 0.4) is 0 Å². The molecule has 0 aromatic carbocycles. The van der Waals surface area contributed by atoms with E-state index in [0.717, 1.165) is 5.56 Å². The number of rotatable bonds is 4. The second-order valence-electron chi connectivity index (χ2n) is 3.84. The molecule has 1 aromatic rings. The van der Waals surface area contributed by atoms with E-state index in [1.807, 2.05) is 13.8 Å². The third-order valence-corrected chi connectivity index (χ3v) is 2.80. The van der Waals surface area contributed by atoms with E-state index in [1.54, 1.807) is 6.92 Å². The Labute approximate surface area is 94.7 Å². The van der Waals surface area contributed by atoms with Crippen LogP contribution in [0.2, 0.25) is 5.15 Å². The van der Waals surface area contributed by atoms with Gasteiger partial charge in [0, 0.05) is 12.1 Å². The summed E-state index contributed by atoms with van der Waals surface area (Å²) >= 11 is 5.84. The molecular formula is C10H16ClN3O. The fraction of sp³-hybridized carbons (Fsp3) is 0.600. The lowest BCUT2D eigenvalue weighted by Crippen LogP contribution is -2.32. The first-order valence-electron chi connectivity index (χ1n) is 4.89. The van der Waals surface area contributed by atoms with Crippen molar-refractivity contribution in [2.75, 3.05) is 11.9 Å². The average Bonchev–Trinajstić information content (AvgIpc) is 2.20. The first kappa shape index (κ1) is 12.2. The van der Waals surface area contributed by atoms with Crippen molar-refractivity contribution in [2.45, 2.75) is 32.8 Å². The lowest BCUT2D eigenvalue weighted by molar-refractivity contribution is 0.0696. The predicted molar refractivity (Wildman–Crippen MR) is 61.2 cm³/mol. The second-order valence-corrected chi connectivity index (χ2v) is 4.20. The molecule has 0 fully saturated rings. The van der Waals surface area contributed by atoms with Crippen LogP contribution in [0.15, 0.2) is 6.33 Å². The third kappa shape index (κ3) is 3.32. The van der Waals surface area contributed by atoms with Crippen molar-refractivity contribution in [1.82, 2.24) is 9.97 Å². The van der Waals surface area contributed by atoms with Crippen LogP contribution in [0.5, 0.6) is 0 Å². The van der Waals surface area contributed by atoms with Crippen molar-refractivity contribution in [3.63, 3.8) is 0 Å². The summed E-state index contributed by atoms with van der Waals surface area (Å²) in [6.45, 7) is 5.99. The van der Waals surface area contributed by atoms with E-state index in [2.05, 4.69) is 15.3 Å². The molecule has 1 atom stereocenters. The van der Waals surface area contributed by atoms with Gasteiger partial charge in [-0.05, 0) is 20.3 Å². The van der Waals surface area contributed by atoms with Gasteiger partial charge in [-0.15, -0.1) is 0 Å². The average molecular weight is 230 g/mol. The molecule has 0 saturated heterocycles. The molecule has 1 unspecified atom stereocenters. The van der Waals surface area contributed by atoms with Crippen molar-refractivity contribution in [2.24, 2.45) is 0 Å². The zero-order valence-corrected chi connectivity index (χ0v) is 9.97. The number of aromatic nitrogens is 2. The largest absolute Gasteiger partial charge is 0.388 e. The minimum absolute atomic E-state index is 0.434. The maximum absolute atomic E-state index is 9.81. The molecule has 0 aliphatic rings. The summed E-state index contributed by atoms with van der Waals surface area (Å²) in [4.78, 5) is 7.91. The van der Waals surface area contributed by atoms with E-state index < -0.39 is 5.60 Å². The Morgan fingerprint density at radius 2 is 2.20 bits per heavy atom. The molecular weight excluding hydrogens is 214 g/mol. The molecule has 1 heterocycles. The van der Waals surface area contributed by atoms with Crippen LogP contribution < -0.4 is 5.32 Å². The summed E-state index contributed by atoms with van der Waals surface area (Å²) in [6, 6.07) is 0. The lowest BCUT2D eigenvalue weighted by atomic mass is 10.0. The molecule has 0 radical (unpaired) electrons. The first-order valence-corrected chi connectivity index (χ1v) is 5.27. The molecule has 1 aromatic heterocycles. The Morgan fingerprint density at radius 1 is 1.53 bits per heavy atom. The maximum atomic E-state index is 9.81. The summed E-state index contributed by atoms with van der Waals surface area (Å²) in [5.74, 6) is 0.670. The SMILES string of the molecule is CCC(C)(O)CNc1ncnc(Cl)c1C. The highest BCUT2D eigenvalue weighted by Gasteiger charge is 2.17. The van der Waals surface area contributed by atoms with E-state index in [4.69, 9.17) is 11.6 Å². The Kier molecular flexibility index (Phi) is 3.88. The smallest absolute Gasteiger partial charge is 0.137 e. The zero-order chi connectivity index (χ0) is 11.5. The van der Waals surface area contributed by atoms with Gasteiger partial charge in [0.2, 0.25) is 0 Å². The summed E-state index contributed by atoms with van der Waals surface area (Å²) in [7, 11) is 0. The Bertz CT molecular complexity index is 341. The number of nitrogens with zero attached hydrogens (tertiary/aromatic N) is 2. The number of hydrogen-bond donors (Lipinski definition) is 2. The number of halogens is 1. The molecule has 2 N–H and O–H groups in total. The van der Waals surface area contributed by atoms with Gasteiger partial charge in [-0.1, -0.05) is 18.5 Å². The Morgan fingerprint density at radius 3 is 2.80 bits per heavy atom. The van der Waals surface area contributed by atoms with Crippen molar-refractivity contribution >= 4 is 17.4 Å². The second kappa shape index (κ2) is 4.77. The topological polar surface area (TPSA) is 58.0 Å². The lowest BCUT2D eigenvalue weighted by Gasteiger charge is -2.22. The number of anilines is 1. The van der Waals surface area contributed by atoms with Gasteiger partial charge in [-0.3, -0.25) is 0 Å². The molecule has 84 valence electrons. The van der Waals surface area contributed by atoms with Crippen LogP contribution >= 0.6 is 11.6 Å². The first-order chi connectivity index (χ1) is 6.96. The Balaban J connectivity index is 2.70.